The number of nitrogen functional groups attached to an aromatic ring is 1. The quantitative estimate of drug-likeness (QED) is 0.441. The highest BCUT2D eigenvalue weighted by molar-refractivity contribution is 6.08. The number of hydrogen-bond donors (Lipinski definition) is 5. The number of carbonyl (C=O) groups is 1. The summed E-state index contributed by atoms with van der Waals surface area (Å²) in [6.45, 7) is 0.380. The van der Waals surface area contributed by atoms with Gasteiger partial charge in [0.1, 0.15) is 36.1 Å². The van der Waals surface area contributed by atoms with E-state index in [0.717, 1.165) is 4.57 Å². The van der Waals surface area contributed by atoms with E-state index in [1.54, 1.807) is 6.92 Å². The fourth-order valence-corrected chi connectivity index (χ4v) is 2.77. The molecule has 4 atom stereocenters. The molecule has 2 aromatic rings. The van der Waals surface area contributed by atoms with Gasteiger partial charge in [0, 0.05) is 6.20 Å². The highest BCUT2D eigenvalue weighted by atomic mass is 19.2. The van der Waals surface area contributed by atoms with Gasteiger partial charge in [-0.1, -0.05) is 0 Å². The Balaban J connectivity index is 2.22. The van der Waals surface area contributed by atoms with Crippen LogP contribution >= 0.6 is 0 Å². The van der Waals surface area contributed by atoms with Crippen LogP contribution in [0.4, 0.5) is 10.2 Å². The lowest BCUT2D eigenvalue weighted by Gasteiger charge is -2.20. The Morgan fingerprint density at radius 3 is 2.71 bits per heavy atom. The predicted molar refractivity (Wildman–Crippen MR) is 78.3 cm³/mol. The summed E-state index contributed by atoms with van der Waals surface area (Å²) in [6.07, 6.45) is -4.00. The zero-order valence-corrected chi connectivity index (χ0v) is 12.5. The van der Waals surface area contributed by atoms with Gasteiger partial charge < -0.3 is 36.1 Å². The Bertz CT molecular complexity index is 827. The second kappa shape index (κ2) is 5.34. The monoisotopic (exact) mass is 341 g/mol. The number of alkyl halides is 1. The van der Waals surface area contributed by atoms with Gasteiger partial charge in [-0.25, -0.2) is 14.4 Å². The van der Waals surface area contributed by atoms with Crippen molar-refractivity contribution < 1.29 is 29.2 Å². The van der Waals surface area contributed by atoms with Crippen LogP contribution in [0.3, 0.4) is 0 Å². The van der Waals surface area contributed by atoms with Crippen LogP contribution in [0.1, 0.15) is 22.4 Å². The summed E-state index contributed by atoms with van der Waals surface area (Å²) in [7, 11) is 0. The van der Waals surface area contributed by atoms with Crippen LogP contribution in [0.25, 0.3) is 11.0 Å². The first-order chi connectivity index (χ1) is 11.2. The molecule has 3 heterocycles. The second-order valence-electron chi connectivity index (χ2n) is 5.56. The van der Waals surface area contributed by atoms with Crippen molar-refractivity contribution in [1.29, 1.82) is 0 Å². The van der Waals surface area contributed by atoms with Gasteiger partial charge in [0.2, 0.25) is 0 Å². The molecule has 1 saturated heterocycles. The first kappa shape index (κ1) is 16.5. The van der Waals surface area contributed by atoms with E-state index >= 15 is 0 Å². The summed E-state index contributed by atoms with van der Waals surface area (Å²) < 4.78 is 20.4. The Morgan fingerprint density at radius 1 is 1.50 bits per heavy atom. The summed E-state index contributed by atoms with van der Waals surface area (Å²) in [5.74, 6) is -3.45. The summed E-state index contributed by atoms with van der Waals surface area (Å²) >= 11 is 0. The van der Waals surface area contributed by atoms with E-state index in [4.69, 9.17) is 21.3 Å². The topological polar surface area (TPSA) is 170 Å². The third-order valence-corrected chi connectivity index (χ3v) is 3.94. The van der Waals surface area contributed by atoms with Crippen molar-refractivity contribution in [3.05, 3.63) is 17.6 Å². The van der Waals surface area contributed by atoms with Gasteiger partial charge in [0.25, 0.3) is 11.8 Å². The molecular formula is C13H16FN5O5. The number of ether oxygens (including phenoxy) is 1. The van der Waals surface area contributed by atoms with E-state index in [0.29, 0.717) is 0 Å². The molecule has 1 amide bonds. The van der Waals surface area contributed by atoms with Gasteiger partial charge in [-0.15, -0.1) is 0 Å². The van der Waals surface area contributed by atoms with Crippen molar-refractivity contribution >= 4 is 22.8 Å². The number of fused-ring (bicyclic) bond motifs is 1. The number of nitrogens with zero attached hydrogens (tertiary/aromatic N) is 3. The van der Waals surface area contributed by atoms with Crippen LogP contribution in [-0.4, -0.2) is 60.4 Å². The minimum atomic E-state index is -2.86. The molecule has 0 saturated carbocycles. The van der Waals surface area contributed by atoms with E-state index in [9.17, 15) is 19.4 Å². The molecular weight excluding hydrogens is 325 g/mol. The van der Waals surface area contributed by atoms with Crippen molar-refractivity contribution in [3.63, 3.8) is 0 Å². The van der Waals surface area contributed by atoms with Gasteiger partial charge in [-0.2, -0.15) is 0 Å². The third kappa shape index (κ3) is 2.21. The zero-order valence-electron chi connectivity index (χ0n) is 12.5. The minimum absolute atomic E-state index is 0.0215. The lowest BCUT2D eigenvalue weighted by atomic mass is 10.1. The number of primary amides is 1. The molecule has 3 rings (SSSR count). The molecule has 1 aliphatic heterocycles. The Kier molecular flexibility index (Phi) is 3.68. The number of carbonyl (C=O) groups excluding carboxylic acids is 1. The van der Waals surface area contributed by atoms with Crippen LogP contribution in [0.2, 0.25) is 0 Å². The van der Waals surface area contributed by atoms with E-state index in [1.165, 1.54) is 6.20 Å². The average Bonchev–Trinajstić information content (AvgIpc) is 2.99. The van der Waals surface area contributed by atoms with Crippen LogP contribution in [0.15, 0.2) is 6.20 Å². The van der Waals surface area contributed by atoms with Crippen molar-refractivity contribution in [2.45, 2.75) is 31.2 Å². The van der Waals surface area contributed by atoms with Gasteiger partial charge in [0.15, 0.2) is 6.23 Å². The lowest BCUT2D eigenvalue weighted by Crippen LogP contribution is -2.42. The number of hydrogen-bond acceptors (Lipinski definition) is 8. The normalized spacial score (nSPS) is 30.1. The fraction of sp³-hybridized carbons (Fsp3) is 0.462. The largest absolute Gasteiger partial charge is 0.390 e. The number of aryl methyl sites for hydroxylation is 1. The van der Waals surface area contributed by atoms with E-state index in [2.05, 4.69) is 9.97 Å². The highest BCUT2D eigenvalue weighted by Crippen LogP contribution is 2.40. The van der Waals surface area contributed by atoms with Gasteiger partial charge in [0.05, 0.1) is 10.9 Å². The standard InChI is InChI=1S/C13H16FN5O5/c1-4-17-9(15)6-5(10(16)23)2-19(11(6)18-4)12-7(21)8(22)13(14,3-20)24-12/h2,7-8,12,20-22H,3H2,1H3,(H2,16,23)(H2,15,17,18)/t7-,8+,12-,13-/m1/s1. The summed E-state index contributed by atoms with van der Waals surface area (Å²) in [5, 5.41) is 29.1. The van der Waals surface area contributed by atoms with Gasteiger partial charge in [-0.3, -0.25) is 4.79 Å². The maximum Gasteiger partial charge on any atom is 0.263 e. The van der Waals surface area contributed by atoms with Crippen molar-refractivity contribution in [3.8, 4) is 0 Å². The Labute approximate surface area is 134 Å². The first-order valence-electron chi connectivity index (χ1n) is 6.97. The van der Waals surface area contributed by atoms with Crippen LogP contribution < -0.4 is 11.5 Å². The molecule has 130 valence electrons. The Hall–Kier alpha value is -2.34. The SMILES string of the molecule is Cc1nc(N)c2c(C(N)=O)cn([C@@H]3O[C@](F)(CO)[C@@H](O)[C@H]3O)c2n1. The maximum absolute atomic E-state index is 14.3. The molecule has 10 nitrogen and oxygen atoms in total. The third-order valence-electron chi connectivity index (χ3n) is 3.94. The molecule has 11 heteroatoms. The lowest BCUT2D eigenvalue weighted by molar-refractivity contribution is -0.206. The molecule has 0 aliphatic carbocycles. The molecule has 0 radical (unpaired) electrons. The molecule has 1 aliphatic rings. The van der Waals surface area contributed by atoms with Crippen LogP contribution in [-0.2, 0) is 4.74 Å². The number of amides is 1. The zero-order chi connectivity index (χ0) is 17.8. The minimum Gasteiger partial charge on any atom is -0.390 e. The fourth-order valence-electron chi connectivity index (χ4n) is 2.77. The number of aromatic nitrogens is 3. The second-order valence-corrected chi connectivity index (χ2v) is 5.56. The van der Waals surface area contributed by atoms with Crippen molar-refractivity contribution in [2.75, 3.05) is 12.3 Å². The average molecular weight is 341 g/mol. The van der Waals surface area contributed by atoms with Crippen molar-refractivity contribution in [2.24, 2.45) is 5.73 Å². The molecule has 7 N–H and O–H groups in total. The van der Waals surface area contributed by atoms with Crippen molar-refractivity contribution in [1.82, 2.24) is 14.5 Å². The molecule has 24 heavy (non-hydrogen) atoms. The molecule has 0 bridgehead atoms. The number of halogens is 1. The van der Waals surface area contributed by atoms with Gasteiger partial charge >= 0.3 is 0 Å². The van der Waals surface area contributed by atoms with Crippen LogP contribution in [0.5, 0.6) is 0 Å². The summed E-state index contributed by atoms with van der Waals surface area (Å²) in [6, 6.07) is 0. The summed E-state index contributed by atoms with van der Waals surface area (Å²) in [4.78, 5) is 19.7. The first-order valence-corrected chi connectivity index (χ1v) is 6.97. The smallest absolute Gasteiger partial charge is 0.263 e. The molecule has 0 aromatic carbocycles. The summed E-state index contributed by atoms with van der Waals surface area (Å²) in [5.41, 5.74) is 11.1. The number of anilines is 1. The molecule has 0 spiro atoms. The number of aliphatic hydroxyl groups is 3. The molecule has 0 unspecified atom stereocenters. The molecule has 2 aromatic heterocycles. The maximum atomic E-state index is 14.3. The van der Waals surface area contributed by atoms with Gasteiger partial charge in [-0.05, 0) is 6.92 Å². The van der Waals surface area contributed by atoms with E-state index in [1.807, 2.05) is 0 Å². The van der Waals surface area contributed by atoms with Crippen LogP contribution in [0, 0.1) is 6.92 Å². The van der Waals surface area contributed by atoms with E-state index in [-0.39, 0.29) is 28.2 Å². The predicted octanol–water partition coefficient (Wildman–Crippen LogP) is -1.67. The number of nitrogens with two attached hydrogens (primary N) is 2. The number of aliphatic hydroxyl groups excluding tert-OH is 3. The van der Waals surface area contributed by atoms with E-state index < -0.39 is 36.8 Å². The molecule has 1 fully saturated rings. The Morgan fingerprint density at radius 2 is 2.17 bits per heavy atom. The highest BCUT2D eigenvalue weighted by Gasteiger charge is 2.56. The number of rotatable bonds is 3.